The van der Waals surface area contributed by atoms with Crippen LogP contribution in [-0.4, -0.2) is 23.0 Å². The van der Waals surface area contributed by atoms with Gasteiger partial charge < -0.3 is 15.5 Å². The number of fused-ring (bicyclic) bond motifs is 1. The Morgan fingerprint density at radius 3 is 3.07 bits per heavy atom. The maximum absolute atomic E-state index is 11.3. The summed E-state index contributed by atoms with van der Waals surface area (Å²) in [7, 11) is 1.31. The largest absolute Gasteiger partial charge is 0.464 e. The van der Waals surface area contributed by atoms with Gasteiger partial charge in [-0.1, -0.05) is 0 Å². The number of nitrogens with zero attached hydrogens (tertiary/aromatic N) is 1. The number of aromatic nitrogens is 2. The van der Waals surface area contributed by atoms with E-state index in [-0.39, 0.29) is 5.69 Å². The van der Waals surface area contributed by atoms with E-state index in [2.05, 4.69) is 14.7 Å². The highest BCUT2D eigenvalue weighted by Gasteiger charge is 2.15. The van der Waals surface area contributed by atoms with E-state index < -0.39 is 5.97 Å². The zero-order valence-electron chi connectivity index (χ0n) is 7.57. The number of nitrogen functional groups attached to an aromatic ring is 1. The van der Waals surface area contributed by atoms with Crippen molar-refractivity contribution < 1.29 is 9.53 Å². The third-order valence-corrected chi connectivity index (χ3v) is 2.03. The molecule has 0 saturated carbocycles. The van der Waals surface area contributed by atoms with Gasteiger partial charge in [0.1, 0.15) is 5.69 Å². The monoisotopic (exact) mass is 191 g/mol. The van der Waals surface area contributed by atoms with Crippen LogP contribution in [-0.2, 0) is 4.74 Å². The molecule has 0 amide bonds. The summed E-state index contributed by atoms with van der Waals surface area (Å²) in [6.07, 6.45) is 3.23. The Labute approximate surface area is 79.9 Å². The van der Waals surface area contributed by atoms with E-state index in [1.165, 1.54) is 7.11 Å². The van der Waals surface area contributed by atoms with Crippen molar-refractivity contribution in [3.63, 3.8) is 0 Å². The molecule has 0 fully saturated rings. The van der Waals surface area contributed by atoms with Gasteiger partial charge in [-0.25, -0.2) is 4.79 Å². The number of nitrogens with two attached hydrogens (primary N) is 1. The Kier molecular flexibility index (Phi) is 1.85. The number of anilines is 1. The Morgan fingerprint density at radius 2 is 2.43 bits per heavy atom. The first kappa shape index (κ1) is 8.55. The fourth-order valence-electron chi connectivity index (χ4n) is 1.32. The van der Waals surface area contributed by atoms with Gasteiger partial charge in [0, 0.05) is 17.8 Å². The SMILES string of the molecule is COC(=O)c1[nH]c2ccncc2c1N. The smallest absolute Gasteiger partial charge is 0.356 e. The van der Waals surface area contributed by atoms with Crippen molar-refractivity contribution in [2.75, 3.05) is 12.8 Å². The van der Waals surface area contributed by atoms with Gasteiger partial charge >= 0.3 is 5.97 Å². The molecule has 2 rings (SSSR count). The first-order valence-corrected chi connectivity index (χ1v) is 4.03. The Morgan fingerprint density at radius 1 is 1.64 bits per heavy atom. The quantitative estimate of drug-likeness (QED) is 0.657. The van der Waals surface area contributed by atoms with Crippen LogP contribution in [0.25, 0.3) is 10.9 Å². The fraction of sp³-hybridized carbons (Fsp3) is 0.111. The van der Waals surface area contributed by atoms with E-state index in [9.17, 15) is 4.79 Å². The van der Waals surface area contributed by atoms with E-state index in [4.69, 9.17) is 5.73 Å². The third-order valence-electron chi connectivity index (χ3n) is 2.03. The molecule has 0 aliphatic heterocycles. The van der Waals surface area contributed by atoms with Gasteiger partial charge in [0.2, 0.25) is 0 Å². The van der Waals surface area contributed by atoms with Gasteiger partial charge in [0.15, 0.2) is 0 Å². The second-order valence-corrected chi connectivity index (χ2v) is 2.83. The highest BCUT2D eigenvalue weighted by Crippen LogP contribution is 2.23. The standard InChI is InChI=1S/C9H9N3O2/c1-14-9(13)8-7(10)5-4-11-3-2-6(5)12-8/h2-4,12H,10H2,1H3. The van der Waals surface area contributed by atoms with Gasteiger partial charge in [-0.05, 0) is 6.07 Å². The lowest BCUT2D eigenvalue weighted by Crippen LogP contribution is -2.04. The van der Waals surface area contributed by atoms with Gasteiger partial charge in [-0.2, -0.15) is 0 Å². The number of hydrogen-bond donors (Lipinski definition) is 2. The summed E-state index contributed by atoms with van der Waals surface area (Å²) in [4.78, 5) is 18.0. The van der Waals surface area contributed by atoms with Crippen LogP contribution < -0.4 is 5.73 Å². The molecule has 72 valence electrons. The molecule has 2 aromatic rings. The lowest BCUT2D eigenvalue weighted by molar-refractivity contribution is 0.0596. The molecular weight excluding hydrogens is 182 g/mol. The second kappa shape index (κ2) is 3.02. The topological polar surface area (TPSA) is 81.0 Å². The summed E-state index contributed by atoms with van der Waals surface area (Å²) in [5, 5.41) is 0.730. The zero-order chi connectivity index (χ0) is 10.1. The van der Waals surface area contributed by atoms with Gasteiger partial charge in [0.25, 0.3) is 0 Å². The maximum Gasteiger partial charge on any atom is 0.356 e. The van der Waals surface area contributed by atoms with Crippen molar-refractivity contribution in [2.24, 2.45) is 0 Å². The average molecular weight is 191 g/mol. The third kappa shape index (κ3) is 1.10. The number of nitrogens with one attached hydrogen (secondary N) is 1. The molecule has 0 saturated heterocycles. The number of rotatable bonds is 1. The summed E-state index contributed by atoms with van der Waals surface area (Å²) in [6.45, 7) is 0. The van der Waals surface area contributed by atoms with Crippen molar-refractivity contribution in [1.29, 1.82) is 0 Å². The van der Waals surface area contributed by atoms with E-state index in [0.717, 1.165) is 10.9 Å². The van der Waals surface area contributed by atoms with Crippen molar-refractivity contribution in [3.05, 3.63) is 24.2 Å². The molecule has 2 aromatic heterocycles. The molecule has 0 atom stereocenters. The minimum atomic E-state index is -0.473. The minimum Gasteiger partial charge on any atom is -0.464 e. The number of hydrogen-bond acceptors (Lipinski definition) is 4. The molecule has 5 heteroatoms. The molecule has 0 aromatic carbocycles. The van der Waals surface area contributed by atoms with Crippen LogP contribution in [0.1, 0.15) is 10.5 Å². The predicted molar refractivity (Wildman–Crippen MR) is 51.8 cm³/mol. The number of carbonyl (C=O) groups is 1. The summed E-state index contributed by atoms with van der Waals surface area (Å²) >= 11 is 0. The number of ether oxygens (including phenoxy) is 1. The van der Waals surface area contributed by atoms with Crippen molar-refractivity contribution >= 4 is 22.6 Å². The maximum atomic E-state index is 11.3. The summed E-state index contributed by atoms with van der Waals surface area (Å²) in [5.41, 5.74) is 7.17. The summed E-state index contributed by atoms with van der Waals surface area (Å²) < 4.78 is 4.58. The van der Waals surface area contributed by atoms with Crippen LogP contribution >= 0.6 is 0 Å². The molecular formula is C9H9N3O2. The van der Waals surface area contributed by atoms with Crippen LogP contribution in [0.5, 0.6) is 0 Å². The van der Waals surface area contributed by atoms with Gasteiger partial charge in [-0.15, -0.1) is 0 Å². The lowest BCUT2D eigenvalue weighted by Gasteiger charge is -1.95. The second-order valence-electron chi connectivity index (χ2n) is 2.83. The molecule has 0 spiro atoms. The summed E-state index contributed by atoms with van der Waals surface area (Å²) in [6, 6.07) is 1.75. The zero-order valence-corrected chi connectivity index (χ0v) is 7.57. The predicted octanol–water partition coefficient (Wildman–Crippen LogP) is 0.932. The Balaban J connectivity index is 2.68. The number of methoxy groups -OCH3 is 1. The first-order valence-electron chi connectivity index (χ1n) is 4.03. The van der Waals surface area contributed by atoms with Crippen LogP contribution in [0.2, 0.25) is 0 Å². The number of carbonyl (C=O) groups excluding carboxylic acids is 1. The average Bonchev–Trinajstić information content (AvgIpc) is 2.56. The molecule has 2 heterocycles. The van der Waals surface area contributed by atoms with Crippen molar-refractivity contribution in [2.45, 2.75) is 0 Å². The fourth-order valence-corrected chi connectivity index (χ4v) is 1.32. The summed E-state index contributed by atoms with van der Waals surface area (Å²) in [5.74, 6) is -0.473. The molecule has 14 heavy (non-hydrogen) atoms. The highest BCUT2D eigenvalue weighted by atomic mass is 16.5. The lowest BCUT2D eigenvalue weighted by atomic mass is 10.3. The van der Waals surface area contributed by atoms with Crippen molar-refractivity contribution in [1.82, 2.24) is 9.97 Å². The minimum absolute atomic E-state index is 0.274. The number of aromatic amines is 1. The molecule has 0 aliphatic carbocycles. The van der Waals surface area contributed by atoms with E-state index in [1.54, 1.807) is 18.5 Å². The molecule has 0 radical (unpaired) electrons. The molecule has 3 N–H and O–H groups in total. The van der Waals surface area contributed by atoms with Crippen molar-refractivity contribution in [3.8, 4) is 0 Å². The Hall–Kier alpha value is -2.04. The van der Waals surface area contributed by atoms with E-state index in [0.29, 0.717) is 5.69 Å². The molecule has 5 nitrogen and oxygen atoms in total. The molecule has 0 unspecified atom stereocenters. The normalized spacial score (nSPS) is 10.4. The molecule has 0 bridgehead atoms. The van der Waals surface area contributed by atoms with Crippen LogP contribution in [0.3, 0.4) is 0 Å². The van der Waals surface area contributed by atoms with E-state index in [1.807, 2.05) is 0 Å². The van der Waals surface area contributed by atoms with Gasteiger partial charge in [-0.3, -0.25) is 4.98 Å². The van der Waals surface area contributed by atoms with Gasteiger partial charge in [0.05, 0.1) is 18.3 Å². The Bertz CT molecular complexity index is 490. The number of H-pyrrole nitrogens is 1. The van der Waals surface area contributed by atoms with E-state index >= 15 is 0 Å². The highest BCUT2D eigenvalue weighted by molar-refractivity contribution is 6.04. The number of pyridine rings is 1. The number of esters is 1. The van der Waals surface area contributed by atoms with Crippen LogP contribution in [0.4, 0.5) is 5.69 Å². The molecule has 0 aliphatic rings. The van der Waals surface area contributed by atoms with Crippen LogP contribution in [0, 0.1) is 0 Å². The first-order chi connectivity index (χ1) is 6.74. The van der Waals surface area contributed by atoms with Crippen LogP contribution in [0.15, 0.2) is 18.5 Å².